The van der Waals surface area contributed by atoms with Crippen molar-refractivity contribution in [2.45, 2.75) is 70.1 Å². The minimum Gasteiger partial charge on any atom is -0.313 e. The first-order valence-electron chi connectivity index (χ1n) is 13.2. The van der Waals surface area contributed by atoms with Gasteiger partial charge in [0.15, 0.2) is 0 Å². The number of aromatic nitrogens is 1. The van der Waals surface area contributed by atoms with Crippen LogP contribution in [-0.4, -0.2) is 17.9 Å². The zero-order valence-electron chi connectivity index (χ0n) is 23.1. The van der Waals surface area contributed by atoms with Gasteiger partial charge in [0.05, 0.1) is 28.4 Å². The molecule has 219 valence electrons. The molecule has 0 bridgehead atoms. The van der Waals surface area contributed by atoms with E-state index >= 15 is 0 Å². The van der Waals surface area contributed by atoms with Crippen LogP contribution in [0.2, 0.25) is 0 Å². The first kappa shape index (κ1) is 30.5. The van der Waals surface area contributed by atoms with Gasteiger partial charge in [0, 0.05) is 24.2 Å². The normalized spacial score (nSPS) is 15.2. The number of anilines is 1. The molecule has 1 heterocycles. The van der Waals surface area contributed by atoms with Crippen LogP contribution in [0.5, 0.6) is 0 Å². The third-order valence-electron chi connectivity index (χ3n) is 7.75. The maximum Gasteiger partial charge on any atom is 0.416 e. The summed E-state index contributed by atoms with van der Waals surface area (Å²) in [5.74, 6) is -1.01. The van der Waals surface area contributed by atoms with Crippen molar-refractivity contribution in [3.8, 4) is 11.1 Å². The largest absolute Gasteiger partial charge is 0.416 e. The second kappa shape index (κ2) is 11.1. The van der Waals surface area contributed by atoms with E-state index in [1.807, 2.05) is 6.07 Å². The van der Waals surface area contributed by atoms with E-state index in [1.54, 1.807) is 13.0 Å². The zero-order chi connectivity index (χ0) is 30.3. The smallest absolute Gasteiger partial charge is 0.313 e. The van der Waals surface area contributed by atoms with Crippen LogP contribution < -0.4 is 4.90 Å². The minimum atomic E-state index is -5.05. The summed E-state index contributed by atoms with van der Waals surface area (Å²) in [6.07, 6.45) is -2.74. The quantitative estimate of drug-likeness (QED) is 0.283. The average molecular weight is 580 g/mol. The van der Waals surface area contributed by atoms with Crippen molar-refractivity contribution in [3.05, 3.63) is 88.8 Å². The number of alkyl halides is 6. The second-order valence-corrected chi connectivity index (χ2v) is 11.0. The molecule has 1 aliphatic carbocycles. The van der Waals surface area contributed by atoms with Gasteiger partial charge in [0.25, 0.3) is 0 Å². The van der Waals surface area contributed by atoms with E-state index in [4.69, 9.17) is 0 Å². The van der Waals surface area contributed by atoms with E-state index in [-0.39, 0.29) is 12.0 Å². The summed E-state index contributed by atoms with van der Waals surface area (Å²) in [5.41, 5.74) is -2.33. The van der Waals surface area contributed by atoms with Gasteiger partial charge in [-0.2, -0.15) is 26.3 Å². The molecule has 1 radical (unpaired) electrons. The Kier molecular flexibility index (Phi) is 8.26. The first-order valence-corrected chi connectivity index (χ1v) is 13.2. The lowest BCUT2D eigenvalue weighted by molar-refractivity contribution is -0.143. The van der Waals surface area contributed by atoms with Crippen LogP contribution in [0, 0.1) is 19.2 Å². The van der Waals surface area contributed by atoms with E-state index in [9.17, 15) is 35.5 Å². The van der Waals surface area contributed by atoms with Crippen molar-refractivity contribution in [2.24, 2.45) is 0 Å². The molecular weight excluding hydrogens is 549 g/mol. The lowest BCUT2D eigenvalue weighted by Crippen LogP contribution is -2.42. The monoisotopic (exact) mass is 579 g/mol. The molecule has 0 saturated heterocycles. The standard InChI is InChI=1S/C31H30F7N2O/c1-18-12-23(32)10-11-24(18)25-16-26(19-8-6-5-7-9-19)39-17-27(25)40(4)28(41)29(2,3)20-13-21(30(33,34)35)15-22(14-20)31(36,37)38/h5,10-17,19H,6-9H2,1-4H3. The maximum absolute atomic E-state index is 14.0. The highest BCUT2D eigenvalue weighted by Gasteiger charge is 2.41. The van der Waals surface area contributed by atoms with E-state index < -0.39 is 46.2 Å². The summed E-state index contributed by atoms with van der Waals surface area (Å²) in [7, 11) is 1.40. The Morgan fingerprint density at radius 2 is 1.41 bits per heavy atom. The van der Waals surface area contributed by atoms with Crippen LogP contribution in [0.25, 0.3) is 11.1 Å². The Labute approximate surface area is 234 Å². The predicted octanol–water partition coefficient (Wildman–Crippen LogP) is 9.04. The van der Waals surface area contributed by atoms with Crippen molar-refractivity contribution in [1.82, 2.24) is 4.98 Å². The topological polar surface area (TPSA) is 33.2 Å². The van der Waals surface area contributed by atoms with Crippen molar-refractivity contribution >= 4 is 11.6 Å². The van der Waals surface area contributed by atoms with Gasteiger partial charge < -0.3 is 4.90 Å². The molecular formula is C31H30F7N2O. The fourth-order valence-electron chi connectivity index (χ4n) is 5.29. The Bertz CT molecular complexity index is 1410. The molecule has 0 unspecified atom stereocenters. The number of pyridine rings is 1. The fourth-order valence-corrected chi connectivity index (χ4v) is 5.29. The lowest BCUT2D eigenvalue weighted by Gasteiger charge is -2.32. The second-order valence-electron chi connectivity index (χ2n) is 11.0. The predicted molar refractivity (Wildman–Crippen MR) is 143 cm³/mol. The summed E-state index contributed by atoms with van der Waals surface area (Å²) in [5, 5.41) is 0. The van der Waals surface area contributed by atoms with Crippen molar-refractivity contribution in [3.63, 3.8) is 0 Å². The molecule has 41 heavy (non-hydrogen) atoms. The average Bonchev–Trinajstić information content (AvgIpc) is 2.91. The molecule has 0 aliphatic heterocycles. The highest BCUT2D eigenvalue weighted by molar-refractivity contribution is 6.03. The summed E-state index contributed by atoms with van der Waals surface area (Å²) in [6.45, 7) is 4.28. The first-order chi connectivity index (χ1) is 19.0. The number of benzene rings is 2. The number of likely N-dealkylation sites (N-methyl/N-ethyl adjacent to an activating group) is 1. The molecule has 1 aliphatic rings. The highest BCUT2D eigenvalue weighted by atomic mass is 19.4. The van der Waals surface area contributed by atoms with Gasteiger partial charge >= 0.3 is 12.4 Å². The summed E-state index contributed by atoms with van der Waals surface area (Å²) in [4.78, 5) is 19.7. The molecule has 1 saturated carbocycles. The van der Waals surface area contributed by atoms with Gasteiger partial charge in [-0.3, -0.25) is 9.78 Å². The van der Waals surface area contributed by atoms with Crippen LogP contribution in [0.15, 0.2) is 48.7 Å². The minimum absolute atomic E-state index is 0.0366. The third kappa shape index (κ3) is 6.41. The Morgan fingerprint density at radius 3 is 1.95 bits per heavy atom. The third-order valence-corrected chi connectivity index (χ3v) is 7.75. The number of hydrogen-bond donors (Lipinski definition) is 0. The van der Waals surface area contributed by atoms with E-state index in [1.165, 1.54) is 44.1 Å². The summed E-state index contributed by atoms with van der Waals surface area (Å²) >= 11 is 0. The van der Waals surface area contributed by atoms with Crippen LogP contribution in [0.1, 0.15) is 73.4 Å². The number of carbonyl (C=O) groups is 1. The van der Waals surface area contributed by atoms with Crippen LogP contribution in [-0.2, 0) is 22.6 Å². The number of nitrogens with zero attached hydrogens (tertiary/aromatic N) is 2. The number of halogens is 7. The number of hydrogen-bond acceptors (Lipinski definition) is 2. The summed E-state index contributed by atoms with van der Waals surface area (Å²) in [6, 6.07) is 7.24. The molecule has 1 fully saturated rings. The molecule has 0 N–H and O–H groups in total. The van der Waals surface area contributed by atoms with Crippen LogP contribution in [0.4, 0.5) is 36.4 Å². The summed E-state index contributed by atoms with van der Waals surface area (Å²) < 4.78 is 95.2. The zero-order valence-corrected chi connectivity index (χ0v) is 23.1. The number of rotatable bonds is 5. The van der Waals surface area contributed by atoms with Gasteiger partial charge in [0.1, 0.15) is 5.82 Å². The van der Waals surface area contributed by atoms with Crippen molar-refractivity contribution in [2.75, 3.05) is 11.9 Å². The van der Waals surface area contributed by atoms with Gasteiger partial charge in [-0.25, -0.2) is 4.39 Å². The van der Waals surface area contributed by atoms with Gasteiger partial charge in [-0.15, -0.1) is 0 Å². The van der Waals surface area contributed by atoms with Gasteiger partial charge in [-0.1, -0.05) is 6.07 Å². The molecule has 1 aromatic heterocycles. The molecule has 1 amide bonds. The number of carbonyl (C=O) groups excluding carboxylic acids is 1. The number of aryl methyl sites for hydroxylation is 1. The molecule has 0 spiro atoms. The van der Waals surface area contributed by atoms with E-state index in [0.29, 0.717) is 34.5 Å². The van der Waals surface area contributed by atoms with Crippen molar-refractivity contribution in [1.29, 1.82) is 0 Å². The van der Waals surface area contributed by atoms with Crippen molar-refractivity contribution < 1.29 is 35.5 Å². The van der Waals surface area contributed by atoms with E-state index in [2.05, 4.69) is 11.4 Å². The lowest BCUT2D eigenvalue weighted by atomic mass is 9.81. The van der Waals surface area contributed by atoms with Crippen LogP contribution in [0.3, 0.4) is 0 Å². The molecule has 3 aromatic rings. The SMILES string of the molecule is Cc1cc(F)ccc1-c1cc(C2CC[CH]CC2)ncc1N(C)C(=O)C(C)(C)c1cc(C(F)(F)F)cc(C(F)(F)F)c1. The molecule has 4 rings (SSSR count). The molecule has 0 atom stereocenters. The van der Waals surface area contributed by atoms with Crippen LogP contribution >= 0.6 is 0 Å². The van der Waals surface area contributed by atoms with Gasteiger partial charge in [0.2, 0.25) is 5.91 Å². The molecule has 2 aromatic carbocycles. The molecule has 10 heteroatoms. The Hall–Kier alpha value is -3.43. The van der Waals surface area contributed by atoms with E-state index in [0.717, 1.165) is 31.4 Å². The Morgan fingerprint density at radius 1 is 0.854 bits per heavy atom. The fraction of sp³-hybridized carbons (Fsp3) is 0.387. The number of amides is 1. The maximum atomic E-state index is 14.0. The van der Waals surface area contributed by atoms with Gasteiger partial charge in [-0.05, 0) is 106 Å². The highest BCUT2D eigenvalue weighted by Crippen LogP contribution is 2.42. The Balaban J connectivity index is 1.82. The molecule has 3 nitrogen and oxygen atoms in total.